The van der Waals surface area contributed by atoms with Gasteiger partial charge < -0.3 is 5.11 Å². The zero-order valence-electron chi connectivity index (χ0n) is 16.2. The molecule has 0 unspecified atom stereocenters. The number of phenols is 1. The van der Waals surface area contributed by atoms with Crippen molar-refractivity contribution in [3.05, 3.63) is 83.6 Å². The summed E-state index contributed by atoms with van der Waals surface area (Å²) < 4.78 is 0. The van der Waals surface area contributed by atoms with Gasteiger partial charge in [0.05, 0.1) is 17.4 Å². The topological polar surface area (TPSA) is 45.5 Å². The van der Waals surface area contributed by atoms with Crippen LogP contribution in [0.2, 0.25) is 0 Å². The largest absolute Gasteiger partial charge is 0.507 e. The molecule has 1 heterocycles. The molecule has 3 aliphatic carbocycles. The summed E-state index contributed by atoms with van der Waals surface area (Å²) in [7, 11) is 0. The van der Waals surface area contributed by atoms with E-state index in [0.717, 1.165) is 28.9 Å². The molecule has 0 saturated heterocycles. The molecular weight excluding hydrogens is 344 g/mol. The summed E-state index contributed by atoms with van der Waals surface area (Å²) in [5.41, 5.74) is 5.56. The third-order valence-corrected chi connectivity index (χ3v) is 6.72. The lowest BCUT2D eigenvalue weighted by atomic mass is 9.46. The molecule has 1 fully saturated rings. The normalized spacial score (nSPS) is 24.6. The van der Waals surface area contributed by atoms with Crippen LogP contribution < -0.4 is 0 Å². The summed E-state index contributed by atoms with van der Waals surface area (Å²) in [6.45, 7) is 4.70. The summed E-state index contributed by atoms with van der Waals surface area (Å²) in [6, 6.07) is 22.1. The van der Waals surface area contributed by atoms with E-state index in [1.807, 2.05) is 42.6 Å². The van der Waals surface area contributed by atoms with Gasteiger partial charge >= 0.3 is 0 Å². The minimum absolute atomic E-state index is 0.0262. The van der Waals surface area contributed by atoms with Crippen LogP contribution in [0.3, 0.4) is 0 Å². The Balaban J connectivity index is 1.59. The van der Waals surface area contributed by atoms with Crippen LogP contribution in [0.1, 0.15) is 49.0 Å². The highest BCUT2D eigenvalue weighted by molar-refractivity contribution is 5.83. The zero-order valence-corrected chi connectivity index (χ0v) is 16.2. The van der Waals surface area contributed by atoms with Gasteiger partial charge in [-0.3, -0.25) is 9.98 Å². The van der Waals surface area contributed by atoms with Gasteiger partial charge in [0.2, 0.25) is 0 Å². The first-order valence-corrected chi connectivity index (χ1v) is 9.93. The van der Waals surface area contributed by atoms with Crippen LogP contribution in [0.15, 0.2) is 71.7 Å². The van der Waals surface area contributed by atoms with Crippen molar-refractivity contribution in [1.82, 2.24) is 4.98 Å². The van der Waals surface area contributed by atoms with Crippen LogP contribution in [-0.2, 0) is 0 Å². The number of hydrogen-bond acceptors (Lipinski definition) is 3. The van der Waals surface area contributed by atoms with E-state index < -0.39 is 0 Å². The highest BCUT2D eigenvalue weighted by Crippen LogP contribution is 2.66. The molecule has 28 heavy (non-hydrogen) atoms. The third-order valence-electron chi connectivity index (χ3n) is 6.72. The summed E-state index contributed by atoms with van der Waals surface area (Å²) >= 11 is 0. The van der Waals surface area contributed by atoms with E-state index in [4.69, 9.17) is 9.98 Å². The Kier molecular flexibility index (Phi) is 3.87. The Morgan fingerprint density at radius 2 is 1.75 bits per heavy atom. The molecule has 0 aliphatic heterocycles. The Morgan fingerprint density at radius 3 is 2.50 bits per heavy atom. The first-order chi connectivity index (χ1) is 13.6. The van der Waals surface area contributed by atoms with E-state index in [9.17, 15) is 5.11 Å². The Hall–Kier alpha value is -2.94. The SMILES string of the molecule is CC1(C)[C@@H]2C[C@H]1[C@H](N=Cc1ccccc1O)c1nc(-c3ccccc3)ccc12. The van der Waals surface area contributed by atoms with Gasteiger partial charge in [-0.15, -0.1) is 0 Å². The fourth-order valence-corrected chi connectivity index (χ4v) is 4.93. The van der Waals surface area contributed by atoms with Gasteiger partial charge in [0, 0.05) is 17.3 Å². The van der Waals surface area contributed by atoms with E-state index in [1.165, 1.54) is 5.56 Å². The van der Waals surface area contributed by atoms with Crippen LogP contribution in [0, 0.1) is 11.3 Å². The molecule has 3 nitrogen and oxygen atoms in total. The van der Waals surface area contributed by atoms with Gasteiger partial charge in [-0.2, -0.15) is 0 Å². The number of aromatic hydroxyl groups is 1. The standard InChI is InChI=1S/C25H24N2O/c1-25(2)19-14-20(25)24(26-15-17-10-6-7-11-22(17)28)23-18(19)12-13-21(27-23)16-8-4-3-5-9-16/h3-13,15,19-20,24,28H,14H2,1-2H3/t19-,20+,24+/m1/s1. The van der Waals surface area contributed by atoms with E-state index in [-0.39, 0.29) is 17.2 Å². The first kappa shape index (κ1) is 17.2. The number of hydrogen-bond donors (Lipinski definition) is 1. The van der Waals surface area contributed by atoms with Gasteiger partial charge in [-0.05, 0) is 47.4 Å². The second-order valence-corrected chi connectivity index (χ2v) is 8.53. The van der Waals surface area contributed by atoms with E-state index in [1.54, 1.807) is 6.07 Å². The predicted molar refractivity (Wildman–Crippen MR) is 113 cm³/mol. The highest BCUT2D eigenvalue weighted by Gasteiger charge is 2.57. The van der Waals surface area contributed by atoms with Crippen LogP contribution in [0.5, 0.6) is 5.75 Å². The molecular formula is C25H24N2O. The number of aromatic nitrogens is 1. The fourth-order valence-electron chi connectivity index (χ4n) is 4.93. The molecule has 0 amide bonds. The zero-order chi connectivity index (χ0) is 19.3. The summed E-state index contributed by atoms with van der Waals surface area (Å²) in [6.07, 6.45) is 2.98. The summed E-state index contributed by atoms with van der Waals surface area (Å²) in [5.74, 6) is 1.30. The van der Waals surface area contributed by atoms with Crippen molar-refractivity contribution in [2.75, 3.05) is 0 Å². The molecule has 0 spiro atoms. The molecule has 3 aliphatic rings. The number of para-hydroxylation sites is 1. The number of nitrogens with zero attached hydrogens (tertiary/aromatic N) is 2. The maximum absolute atomic E-state index is 10.1. The van der Waals surface area contributed by atoms with Gasteiger partial charge in [0.15, 0.2) is 0 Å². The predicted octanol–water partition coefficient (Wildman–Crippen LogP) is 5.76. The smallest absolute Gasteiger partial charge is 0.124 e. The Labute approximate surface area is 165 Å². The second-order valence-electron chi connectivity index (χ2n) is 8.53. The van der Waals surface area contributed by atoms with Crippen molar-refractivity contribution >= 4 is 6.21 Å². The molecule has 1 saturated carbocycles. The number of phenolic OH excluding ortho intramolecular Hbond substituents is 1. The maximum atomic E-state index is 10.1. The molecule has 1 aromatic heterocycles. The van der Waals surface area contributed by atoms with Gasteiger partial charge in [-0.25, -0.2) is 0 Å². The number of rotatable bonds is 3. The minimum atomic E-state index is 0.0262. The molecule has 6 rings (SSSR count). The van der Waals surface area contributed by atoms with Crippen LogP contribution >= 0.6 is 0 Å². The highest BCUT2D eigenvalue weighted by atomic mass is 16.3. The third kappa shape index (κ3) is 2.57. The maximum Gasteiger partial charge on any atom is 0.124 e. The molecule has 3 aromatic rings. The van der Waals surface area contributed by atoms with Gasteiger partial charge in [-0.1, -0.05) is 62.4 Å². The first-order valence-electron chi connectivity index (χ1n) is 9.93. The Morgan fingerprint density at radius 1 is 1.00 bits per heavy atom. The van der Waals surface area contributed by atoms with E-state index in [2.05, 4.69) is 38.1 Å². The molecule has 3 atom stereocenters. The molecule has 1 N–H and O–H groups in total. The van der Waals surface area contributed by atoms with Gasteiger partial charge in [0.25, 0.3) is 0 Å². The summed E-state index contributed by atoms with van der Waals surface area (Å²) in [4.78, 5) is 10.0. The second kappa shape index (κ2) is 6.30. The van der Waals surface area contributed by atoms with Crippen LogP contribution in [-0.4, -0.2) is 16.3 Å². The molecule has 3 heteroatoms. The van der Waals surface area contributed by atoms with Crippen molar-refractivity contribution in [2.45, 2.75) is 32.2 Å². The van der Waals surface area contributed by atoms with Crippen LogP contribution in [0.25, 0.3) is 11.3 Å². The van der Waals surface area contributed by atoms with Crippen molar-refractivity contribution in [3.63, 3.8) is 0 Å². The van der Waals surface area contributed by atoms with Crippen LogP contribution in [0.4, 0.5) is 0 Å². The Bertz CT molecular complexity index is 1060. The fraction of sp³-hybridized carbons (Fsp3) is 0.280. The average molecular weight is 368 g/mol. The molecule has 0 radical (unpaired) electrons. The van der Waals surface area contributed by atoms with Crippen molar-refractivity contribution in [2.24, 2.45) is 16.3 Å². The number of pyridine rings is 1. The summed E-state index contributed by atoms with van der Waals surface area (Å²) in [5, 5.41) is 10.1. The number of aliphatic imine (C=N–C) groups is 1. The minimum Gasteiger partial charge on any atom is -0.507 e. The van der Waals surface area contributed by atoms with Crippen molar-refractivity contribution in [1.29, 1.82) is 0 Å². The average Bonchev–Trinajstić information content (AvgIpc) is 2.72. The number of benzene rings is 2. The lowest BCUT2D eigenvalue weighted by Gasteiger charge is -2.59. The monoisotopic (exact) mass is 368 g/mol. The lowest BCUT2D eigenvalue weighted by molar-refractivity contribution is -0.00505. The van der Waals surface area contributed by atoms with E-state index >= 15 is 0 Å². The molecule has 140 valence electrons. The van der Waals surface area contributed by atoms with Gasteiger partial charge in [0.1, 0.15) is 5.75 Å². The van der Waals surface area contributed by atoms with E-state index in [0.29, 0.717) is 11.8 Å². The molecule has 2 aromatic carbocycles. The van der Waals surface area contributed by atoms with Crippen molar-refractivity contribution < 1.29 is 5.11 Å². The molecule has 2 bridgehead atoms. The quantitative estimate of drug-likeness (QED) is 0.598. The van der Waals surface area contributed by atoms with Crippen molar-refractivity contribution in [3.8, 4) is 17.0 Å². The lowest BCUT2D eigenvalue weighted by Crippen LogP contribution is -2.50.